The summed E-state index contributed by atoms with van der Waals surface area (Å²) in [6, 6.07) is -0.947. The second-order valence-corrected chi connectivity index (χ2v) is 3.50. The maximum absolute atomic E-state index is 13.3. The van der Waals surface area contributed by atoms with Gasteiger partial charge in [-0.3, -0.25) is 4.79 Å². The second kappa shape index (κ2) is 7.95. The van der Waals surface area contributed by atoms with Crippen LogP contribution in [0.15, 0.2) is 11.4 Å². The molecule has 5 nitrogen and oxygen atoms in total. The minimum atomic E-state index is -1.07. The van der Waals surface area contributed by atoms with Crippen LogP contribution in [0.3, 0.4) is 0 Å². The van der Waals surface area contributed by atoms with Gasteiger partial charge in [-0.15, -0.1) is 0 Å². The van der Waals surface area contributed by atoms with Gasteiger partial charge in [0, 0.05) is 19.3 Å². The van der Waals surface area contributed by atoms with Gasteiger partial charge >= 0.3 is 5.97 Å². The van der Waals surface area contributed by atoms with Crippen LogP contribution in [-0.2, 0) is 4.79 Å². The monoisotopic (exact) mass is 231 g/mol. The molecule has 0 bridgehead atoms. The van der Waals surface area contributed by atoms with Crippen molar-refractivity contribution in [3.8, 4) is 0 Å². The first-order valence-corrected chi connectivity index (χ1v) is 5.01. The predicted molar refractivity (Wildman–Crippen MR) is 60.3 cm³/mol. The summed E-state index contributed by atoms with van der Waals surface area (Å²) in [4.78, 5) is 10.4. The van der Waals surface area contributed by atoms with Crippen LogP contribution in [-0.4, -0.2) is 36.4 Å². The normalized spacial score (nSPS) is 14.2. The summed E-state index contributed by atoms with van der Waals surface area (Å²) in [5.74, 6) is -1.39. The van der Waals surface area contributed by atoms with E-state index in [0.29, 0.717) is 18.5 Å². The van der Waals surface area contributed by atoms with Crippen molar-refractivity contribution < 1.29 is 14.3 Å². The number of allylic oxidation sites excluding steroid dienone is 1. The Hall–Kier alpha value is -1.27. The molecule has 92 valence electrons. The van der Waals surface area contributed by atoms with Crippen LogP contribution in [0.2, 0.25) is 0 Å². The lowest BCUT2D eigenvalue weighted by atomic mass is 10.1. The molecule has 1 atom stereocenters. The topological polar surface area (TPSA) is 99.2 Å². The summed E-state index contributed by atoms with van der Waals surface area (Å²) in [6.07, 6.45) is 1.69. The third-order valence-electron chi connectivity index (χ3n) is 2.14. The van der Waals surface area contributed by atoms with Gasteiger partial charge in [-0.1, -0.05) is 0 Å². The predicted octanol–water partition coefficient (Wildman–Crippen LogP) is 0.661. The molecule has 6 heteroatoms. The molecule has 0 aromatic heterocycles. The minimum absolute atomic E-state index is 0.0591. The fraction of sp³-hybridized carbons (Fsp3) is 0.600. The van der Waals surface area contributed by atoms with E-state index in [-0.39, 0.29) is 18.8 Å². The highest BCUT2D eigenvalue weighted by atomic mass is 19.1. The van der Waals surface area contributed by atoms with Crippen molar-refractivity contribution in [1.82, 2.24) is 5.32 Å². The SMILES string of the molecule is C/C(CC[C@H](N)C(=O)O)=C(\F)CNCC=N. The Morgan fingerprint density at radius 1 is 1.69 bits per heavy atom. The van der Waals surface area contributed by atoms with Crippen molar-refractivity contribution >= 4 is 12.2 Å². The zero-order chi connectivity index (χ0) is 12.6. The van der Waals surface area contributed by atoms with Crippen molar-refractivity contribution in [1.29, 1.82) is 5.41 Å². The quantitative estimate of drug-likeness (QED) is 0.364. The number of aliphatic carboxylic acids is 1. The first kappa shape index (κ1) is 14.7. The molecule has 0 aromatic carbocycles. The van der Waals surface area contributed by atoms with E-state index in [1.807, 2.05) is 0 Å². The molecule has 0 heterocycles. The molecular formula is C10H18FN3O2. The van der Waals surface area contributed by atoms with Gasteiger partial charge < -0.3 is 21.6 Å². The highest BCUT2D eigenvalue weighted by Gasteiger charge is 2.12. The van der Waals surface area contributed by atoms with Crippen LogP contribution in [0, 0.1) is 5.41 Å². The number of hydrogen-bond acceptors (Lipinski definition) is 4. The van der Waals surface area contributed by atoms with Gasteiger partial charge in [0.25, 0.3) is 0 Å². The Kier molecular flexibility index (Phi) is 7.32. The van der Waals surface area contributed by atoms with E-state index in [2.05, 4.69) is 5.32 Å². The van der Waals surface area contributed by atoms with Crippen molar-refractivity contribution in [2.24, 2.45) is 5.73 Å². The zero-order valence-corrected chi connectivity index (χ0v) is 9.29. The van der Waals surface area contributed by atoms with E-state index in [0.717, 1.165) is 6.21 Å². The van der Waals surface area contributed by atoms with Gasteiger partial charge in [-0.2, -0.15) is 0 Å². The van der Waals surface area contributed by atoms with Crippen LogP contribution in [0.1, 0.15) is 19.8 Å². The van der Waals surface area contributed by atoms with Crippen LogP contribution < -0.4 is 11.1 Å². The smallest absolute Gasteiger partial charge is 0.320 e. The highest BCUT2D eigenvalue weighted by Crippen LogP contribution is 2.12. The van der Waals surface area contributed by atoms with Crippen LogP contribution in [0.25, 0.3) is 0 Å². The lowest BCUT2D eigenvalue weighted by molar-refractivity contribution is -0.138. The third-order valence-corrected chi connectivity index (χ3v) is 2.14. The standard InChI is InChI=1S/C10H18FN3O2/c1-7(2-3-9(13)10(15)16)8(11)6-14-5-4-12/h4,9,12,14H,2-3,5-6,13H2,1H3,(H,15,16)/b8-7+,12-4?/t9-/m0/s1. The number of nitrogens with two attached hydrogens (primary N) is 1. The van der Waals surface area contributed by atoms with E-state index < -0.39 is 12.0 Å². The fourth-order valence-corrected chi connectivity index (χ4v) is 1.04. The Balaban J connectivity index is 4.00. The highest BCUT2D eigenvalue weighted by molar-refractivity contribution is 5.73. The summed E-state index contributed by atoms with van der Waals surface area (Å²) < 4.78 is 13.3. The molecule has 0 aliphatic carbocycles. The number of carbonyl (C=O) groups is 1. The lowest BCUT2D eigenvalue weighted by Crippen LogP contribution is -2.29. The van der Waals surface area contributed by atoms with Gasteiger partial charge in [0.2, 0.25) is 0 Å². The van der Waals surface area contributed by atoms with E-state index in [1.54, 1.807) is 6.92 Å². The Labute approximate surface area is 94.0 Å². The fourth-order valence-electron chi connectivity index (χ4n) is 1.04. The minimum Gasteiger partial charge on any atom is -0.480 e. The Bertz CT molecular complexity index is 279. The second-order valence-electron chi connectivity index (χ2n) is 3.50. The van der Waals surface area contributed by atoms with Crippen LogP contribution in [0.4, 0.5) is 4.39 Å². The number of carboxylic acids is 1. The number of nitrogens with one attached hydrogen (secondary N) is 2. The lowest BCUT2D eigenvalue weighted by Gasteiger charge is -2.08. The molecule has 0 aromatic rings. The molecule has 5 N–H and O–H groups in total. The molecule has 0 spiro atoms. The van der Waals surface area contributed by atoms with E-state index in [1.165, 1.54) is 0 Å². The molecule has 0 radical (unpaired) electrons. The van der Waals surface area contributed by atoms with Crippen molar-refractivity contribution in [3.63, 3.8) is 0 Å². The number of rotatable bonds is 8. The van der Waals surface area contributed by atoms with Crippen molar-refractivity contribution in [3.05, 3.63) is 11.4 Å². The third kappa shape index (κ3) is 6.26. The van der Waals surface area contributed by atoms with Crippen LogP contribution in [0.5, 0.6) is 0 Å². The Morgan fingerprint density at radius 3 is 2.81 bits per heavy atom. The first-order valence-electron chi connectivity index (χ1n) is 5.01. The van der Waals surface area contributed by atoms with E-state index in [4.69, 9.17) is 16.2 Å². The average molecular weight is 231 g/mol. The molecule has 0 aliphatic heterocycles. The molecule has 0 aliphatic rings. The number of hydrogen-bond donors (Lipinski definition) is 4. The number of halogens is 1. The summed E-state index contributed by atoms with van der Waals surface area (Å²) >= 11 is 0. The summed E-state index contributed by atoms with van der Waals surface area (Å²) in [5.41, 5.74) is 5.79. The first-order chi connectivity index (χ1) is 7.49. The molecule has 0 saturated heterocycles. The van der Waals surface area contributed by atoms with Gasteiger partial charge in [-0.05, 0) is 25.3 Å². The molecule has 0 unspecified atom stereocenters. The maximum atomic E-state index is 13.3. The van der Waals surface area contributed by atoms with Gasteiger partial charge in [0.05, 0.1) is 0 Å². The van der Waals surface area contributed by atoms with Crippen molar-refractivity contribution in [2.45, 2.75) is 25.8 Å². The molecule has 0 fully saturated rings. The van der Waals surface area contributed by atoms with Gasteiger partial charge in [-0.25, -0.2) is 4.39 Å². The Morgan fingerprint density at radius 2 is 2.31 bits per heavy atom. The molecule has 0 rings (SSSR count). The summed E-state index contributed by atoms with van der Waals surface area (Å²) in [5, 5.41) is 18.0. The molecule has 0 saturated carbocycles. The largest absolute Gasteiger partial charge is 0.480 e. The molecule has 16 heavy (non-hydrogen) atoms. The molecular weight excluding hydrogens is 213 g/mol. The summed E-state index contributed by atoms with van der Waals surface area (Å²) in [7, 11) is 0. The van der Waals surface area contributed by atoms with Crippen LogP contribution >= 0.6 is 0 Å². The zero-order valence-electron chi connectivity index (χ0n) is 9.29. The van der Waals surface area contributed by atoms with Gasteiger partial charge in [0.1, 0.15) is 11.9 Å². The van der Waals surface area contributed by atoms with Gasteiger partial charge in [0.15, 0.2) is 0 Å². The van der Waals surface area contributed by atoms with Crippen molar-refractivity contribution in [2.75, 3.05) is 13.1 Å². The number of carboxylic acid groups (broad SMARTS) is 1. The van der Waals surface area contributed by atoms with E-state index in [9.17, 15) is 9.18 Å². The maximum Gasteiger partial charge on any atom is 0.320 e. The molecule has 0 amide bonds. The average Bonchev–Trinajstić information content (AvgIpc) is 2.25. The summed E-state index contributed by atoms with van der Waals surface area (Å²) in [6.45, 7) is 1.98. The van der Waals surface area contributed by atoms with E-state index >= 15 is 0 Å².